The summed E-state index contributed by atoms with van der Waals surface area (Å²) in [7, 11) is 0. The Hall–Kier alpha value is -2.24. The fourth-order valence-corrected chi connectivity index (χ4v) is 2.48. The van der Waals surface area contributed by atoms with Gasteiger partial charge in [-0.15, -0.1) is 0 Å². The molecule has 0 aromatic heterocycles. The number of carboxylic acid groups (broad SMARTS) is 1. The van der Waals surface area contributed by atoms with Crippen molar-refractivity contribution in [1.82, 2.24) is 4.90 Å². The third kappa shape index (κ3) is 3.65. The lowest BCUT2D eigenvalue weighted by atomic mass is 10.0. The Bertz CT molecular complexity index is 543. The van der Waals surface area contributed by atoms with Crippen LogP contribution in [0.15, 0.2) is 18.2 Å². The Morgan fingerprint density at radius 2 is 2.05 bits per heavy atom. The predicted molar refractivity (Wildman–Crippen MR) is 75.4 cm³/mol. The van der Waals surface area contributed by atoms with E-state index < -0.39 is 12.4 Å². The highest BCUT2D eigenvalue weighted by Gasteiger charge is 2.22. The molecule has 1 heterocycles. The van der Waals surface area contributed by atoms with Crippen LogP contribution in [0.3, 0.4) is 0 Å². The van der Waals surface area contributed by atoms with Gasteiger partial charge in [-0.25, -0.2) is 0 Å². The van der Waals surface area contributed by atoms with E-state index in [1.807, 2.05) is 32.0 Å². The van der Waals surface area contributed by atoms with Crippen molar-refractivity contribution in [3.63, 3.8) is 0 Å². The summed E-state index contributed by atoms with van der Waals surface area (Å²) in [4.78, 5) is 24.1. The van der Waals surface area contributed by atoms with E-state index in [4.69, 9.17) is 14.6 Å². The molecule has 0 saturated heterocycles. The van der Waals surface area contributed by atoms with E-state index >= 15 is 0 Å². The number of hydrogen-bond donors (Lipinski definition) is 1. The molecule has 1 aromatic carbocycles. The molecule has 2 rings (SSSR count). The number of aliphatic carboxylic acids is 1. The van der Waals surface area contributed by atoms with Crippen LogP contribution in [-0.4, -0.2) is 41.3 Å². The van der Waals surface area contributed by atoms with Crippen molar-refractivity contribution < 1.29 is 24.2 Å². The number of benzene rings is 1. The van der Waals surface area contributed by atoms with Crippen molar-refractivity contribution in [1.29, 1.82) is 0 Å². The molecule has 6 heteroatoms. The smallest absolute Gasteiger partial charge is 0.312 e. The zero-order valence-electron chi connectivity index (χ0n) is 12.2. The molecule has 1 aromatic rings. The van der Waals surface area contributed by atoms with E-state index in [9.17, 15) is 9.59 Å². The van der Waals surface area contributed by atoms with Crippen molar-refractivity contribution in [2.45, 2.75) is 32.7 Å². The molecular weight excluding hydrogens is 274 g/mol. The van der Waals surface area contributed by atoms with Gasteiger partial charge in [0.15, 0.2) is 11.5 Å². The first-order valence-electron chi connectivity index (χ1n) is 6.91. The van der Waals surface area contributed by atoms with Crippen molar-refractivity contribution in [2.24, 2.45) is 0 Å². The van der Waals surface area contributed by atoms with E-state index in [1.54, 1.807) is 4.90 Å². The van der Waals surface area contributed by atoms with Crippen molar-refractivity contribution in [3.05, 3.63) is 23.8 Å². The number of nitrogens with zero attached hydrogens (tertiary/aromatic N) is 1. The zero-order valence-corrected chi connectivity index (χ0v) is 12.2. The van der Waals surface area contributed by atoms with Gasteiger partial charge in [0.1, 0.15) is 6.42 Å². The maximum absolute atomic E-state index is 11.9. The third-order valence-corrected chi connectivity index (χ3v) is 3.46. The largest absolute Gasteiger partial charge is 0.481 e. The Morgan fingerprint density at radius 3 is 2.71 bits per heavy atom. The number of likely N-dealkylation sites (N-methyl/N-ethyl adjacent to an activating group) is 1. The molecule has 1 N–H and O–H groups in total. The van der Waals surface area contributed by atoms with Crippen LogP contribution >= 0.6 is 0 Å². The second-order valence-electron chi connectivity index (χ2n) is 4.99. The highest BCUT2D eigenvalue weighted by atomic mass is 16.7. The first-order chi connectivity index (χ1) is 10.0. The summed E-state index contributed by atoms with van der Waals surface area (Å²) >= 11 is 0. The van der Waals surface area contributed by atoms with Crippen LogP contribution < -0.4 is 9.47 Å². The molecule has 1 aliphatic heterocycles. The molecule has 0 radical (unpaired) electrons. The quantitative estimate of drug-likeness (QED) is 0.807. The SMILES string of the molecule is CCN(C(=O)CC(=O)O)C(C)Cc1ccc2c(c1)OCO2. The Labute approximate surface area is 123 Å². The summed E-state index contributed by atoms with van der Waals surface area (Å²) in [5, 5.41) is 8.73. The lowest BCUT2D eigenvalue weighted by Crippen LogP contribution is -2.40. The van der Waals surface area contributed by atoms with Crippen LogP contribution in [0.25, 0.3) is 0 Å². The van der Waals surface area contributed by atoms with Crippen LogP contribution in [0.2, 0.25) is 0 Å². The van der Waals surface area contributed by atoms with Gasteiger partial charge in [-0.2, -0.15) is 0 Å². The molecule has 114 valence electrons. The number of hydrogen-bond acceptors (Lipinski definition) is 4. The summed E-state index contributed by atoms with van der Waals surface area (Å²) in [6, 6.07) is 5.59. The average molecular weight is 293 g/mol. The number of carbonyl (C=O) groups is 2. The van der Waals surface area contributed by atoms with E-state index in [-0.39, 0.29) is 18.7 Å². The number of ether oxygens (including phenoxy) is 2. The summed E-state index contributed by atoms with van der Waals surface area (Å²) in [5.74, 6) is -0.0349. The minimum atomic E-state index is -1.10. The zero-order chi connectivity index (χ0) is 15.4. The van der Waals surface area contributed by atoms with Gasteiger partial charge in [0, 0.05) is 12.6 Å². The summed E-state index contributed by atoms with van der Waals surface area (Å²) < 4.78 is 10.6. The van der Waals surface area contributed by atoms with E-state index in [1.165, 1.54) is 0 Å². The first-order valence-corrected chi connectivity index (χ1v) is 6.91. The first kappa shape index (κ1) is 15.2. The van der Waals surface area contributed by atoms with Gasteiger partial charge < -0.3 is 19.5 Å². The van der Waals surface area contributed by atoms with Crippen LogP contribution in [-0.2, 0) is 16.0 Å². The molecule has 0 spiro atoms. The monoisotopic (exact) mass is 293 g/mol. The normalized spacial score (nSPS) is 13.8. The Balaban J connectivity index is 2.03. The number of carbonyl (C=O) groups excluding carboxylic acids is 1. The van der Waals surface area contributed by atoms with Crippen LogP contribution in [0, 0.1) is 0 Å². The average Bonchev–Trinajstić information content (AvgIpc) is 2.85. The molecule has 1 unspecified atom stereocenters. The van der Waals surface area contributed by atoms with Crippen LogP contribution in [0.1, 0.15) is 25.8 Å². The lowest BCUT2D eigenvalue weighted by molar-refractivity contribution is -0.145. The predicted octanol–water partition coefficient (Wildman–Crippen LogP) is 1.67. The summed E-state index contributed by atoms with van der Waals surface area (Å²) in [5.41, 5.74) is 1.02. The highest BCUT2D eigenvalue weighted by molar-refractivity contribution is 5.93. The molecule has 0 bridgehead atoms. The number of fused-ring (bicyclic) bond motifs is 1. The maximum Gasteiger partial charge on any atom is 0.312 e. The van der Waals surface area contributed by atoms with Gasteiger partial charge in [0.25, 0.3) is 0 Å². The molecule has 0 saturated carbocycles. The van der Waals surface area contributed by atoms with Gasteiger partial charge >= 0.3 is 5.97 Å². The summed E-state index contributed by atoms with van der Waals surface area (Å²) in [6.07, 6.45) is 0.162. The van der Waals surface area contributed by atoms with Crippen molar-refractivity contribution in [2.75, 3.05) is 13.3 Å². The topological polar surface area (TPSA) is 76.1 Å². The molecule has 1 atom stereocenters. The maximum atomic E-state index is 11.9. The van der Waals surface area contributed by atoms with E-state index in [0.29, 0.717) is 18.7 Å². The minimum Gasteiger partial charge on any atom is -0.481 e. The Morgan fingerprint density at radius 1 is 1.33 bits per heavy atom. The fourth-order valence-electron chi connectivity index (χ4n) is 2.48. The molecule has 0 aliphatic carbocycles. The van der Waals surface area contributed by atoms with Gasteiger partial charge in [-0.1, -0.05) is 6.07 Å². The number of amides is 1. The Kier molecular flexibility index (Phi) is 4.67. The minimum absolute atomic E-state index is 0.0813. The van der Waals surface area contributed by atoms with Gasteiger partial charge in [-0.05, 0) is 38.0 Å². The van der Waals surface area contributed by atoms with Crippen LogP contribution in [0.4, 0.5) is 0 Å². The van der Waals surface area contributed by atoms with Crippen molar-refractivity contribution in [3.8, 4) is 11.5 Å². The number of carboxylic acids is 1. The van der Waals surface area contributed by atoms with Gasteiger partial charge in [0.05, 0.1) is 0 Å². The third-order valence-electron chi connectivity index (χ3n) is 3.46. The van der Waals surface area contributed by atoms with E-state index in [2.05, 4.69) is 0 Å². The molecule has 1 aliphatic rings. The summed E-state index contributed by atoms with van der Waals surface area (Å²) in [6.45, 7) is 4.47. The highest BCUT2D eigenvalue weighted by Crippen LogP contribution is 2.33. The molecule has 0 fully saturated rings. The molecular formula is C15H19NO5. The second-order valence-corrected chi connectivity index (χ2v) is 4.99. The number of rotatable bonds is 6. The van der Waals surface area contributed by atoms with Crippen molar-refractivity contribution >= 4 is 11.9 Å². The van der Waals surface area contributed by atoms with Gasteiger partial charge in [-0.3, -0.25) is 9.59 Å². The molecule has 1 amide bonds. The molecule has 21 heavy (non-hydrogen) atoms. The second kappa shape index (κ2) is 6.47. The van der Waals surface area contributed by atoms with E-state index in [0.717, 1.165) is 11.3 Å². The standard InChI is InChI=1S/C15H19NO5/c1-3-16(14(17)8-15(18)19)10(2)6-11-4-5-12-13(7-11)21-9-20-12/h4-5,7,10H,3,6,8-9H2,1-2H3,(H,18,19). The van der Waals surface area contributed by atoms with Gasteiger partial charge in [0.2, 0.25) is 12.7 Å². The van der Waals surface area contributed by atoms with Crippen LogP contribution in [0.5, 0.6) is 11.5 Å². The molecule has 6 nitrogen and oxygen atoms in total. The lowest BCUT2D eigenvalue weighted by Gasteiger charge is -2.27. The fraction of sp³-hybridized carbons (Fsp3) is 0.467.